The summed E-state index contributed by atoms with van der Waals surface area (Å²) in [6, 6.07) is 8.79. The molecule has 2 aromatic rings. The first-order valence-electron chi connectivity index (χ1n) is 11.5. The van der Waals surface area contributed by atoms with E-state index in [0.717, 1.165) is 6.07 Å². The SMILES string of the molecule is O=C(COc1ccc(Cl)c(F)c1)C[C@@H]1C[C@@H]2O[C@H]1C[C@H]2NC(=O)[C@H]1C[C@@H](O)c2cc(Cl)ccc2O1. The van der Waals surface area contributed by atoms with Crippen molar-refractivity contribution in [2.45, 2.75) is 56.1 Å². The monoisotopic (exact) mass is 523 g/mol. The molecule has 3 aliphatic heterocycles. The van der Waals surface area contributed by atoms with Crippen LogP contribution in [0.1, 0.15) is 37.4 Å². The van der Waals surface area contributed by atoms with Gasteiger partial charge in [-0.15, -0.1) is 0 Å². The number of aliphatic hydroxyl groups excluding tert-OH is 1. The van der Waals surface area contributed by atoms with Crippen LogP contribution in [0.25, 0.3) is 0 Å². The average molecular weight is 524 g/mol. The molecule has 2 aromatic carbocycles. The third-order valence-electron chi connectivity index (χ3n) is 6.78. The molecule has 3 aliphatic rings. The van der Waals surface area contributed by atoms with Gasteiger partial charge in [-0.2, -0.15) is 0 Å². The molecule has 0 aromatic heterocycles. The van der Waals surface area contributed by atoms with E-state index < -0.39 is 18.0 Å². The number of hydrogen-bond donors (Lipinski definition) is 2. The molecule has 6 atom stereocenters. The van der Waals surface area contributed by atoms with Gasteiger partial charge in [-0.3, -0.25) is 9.59 Å². The van der Waals surface area contributed by atoms with Gasteiger partial charge in [0.2, 0.25) is 0 Å². The molecule has 0 aliphatic carbocycles. The Balaban J connectivity index is 1.09. The van der Waals surface area contributed by atoms with E-state index >= 15 is 0 Å². The lowest BCUT2D eigenvalue weighted by Crippen LogP contribution is -2.49. The minimum Gasteiger partial charge on any atom is -0.486 e. The molecular weight excluding hydrogens is 500 g/mol. The van der Waals surface area contributed by atoms with Crippen molar-refractivity contribution < 1.29 is 33.3 Å². The summed E-state index contributed by atoms with van der Waals surface area (Å²) in [6.45, 7) is -0.164. The number of ether oxygens (including phenoxy) is 3. The molecule has 0 spiro atoms. The van der Waals surface area contributed by atoms with E-state index in [0.29, 0.717) is 29.2 Å². The van der Waals surface area contributed by atoms with Crippen molar-refractivity contribution in [2.75, 3.05) is 6.61 Å². The highest BCUT2D eigenvalue weighted by atomic mass is 35.5. The van der Waals surface area contributed by atoms with Crippen molar-refractivity contribution in [3.8, 4) is 11.5 Å². The number of benzene rings is 2. The summed E-state index contributed by atoms with van der Waals surface area (Å²) in [5.41, 5.74) is 0.572. The summed E-state index contributed by atoms with van der Waals surface area (Å²) in [5.74, 6) is -0.288. The zero-order chi connectivity index (χ0) is 24.7. The third-order valence-corrected chi connectivity index (χ3v) is 7.33. The van der Waals surface area contributed by atoms with Crippen LogP contribution in [-0.4, -0.2) is 47.8 Å². The highest BCUT2D eigenvalue weighted by molar-refractivity contribution is 6.31. The van der Waals surface area contributed by atoms with Gasteiger partial charge < -0.3 is 24.6 Å². The molecule has 2 saturated heterocycles. The van der Waals surface area contributed by atoms with E-state index in [4.69, 9.17) is 37.4 Å². The molecule has 5 rings (SSSR count). The fourth-order valence-corrected chi connectivity index (χ4v) is 5.35. The van der Waals surface area contributed by atoms with Gasteiger partial charge in [-0.1, -0.05) is 23.2 Å². The van der Waals surface area contributed by atoms with Crippen LogP contribution in [-0.2, 0) is 14.3 Å². The summed E-state index contributed by atoms with van der Waals surface area (Å²) >= 11 is 11.6. The number of carbonyl (C=O) groups excluding carboxylic acids is 2. The number of Topliss-reactive ketones (excluding diaryl/α,β-unsaturated/α-hetero) is 1. The molecule has 2 fully saturated rings. The predicted octanol–water partition coefficient (Wildman–Crippen LogP) is 4.02. The van der Waals surface area contributed by atoms with Crippen molar-refractivity contribution in [3.05, 3.63) is 57.8 Å². The summed E-state index contributed by atoms with van der Waals surface area (Å²) in [7, 11) is 0. The van der Waals surface area contributed by atoms with Crippen molar-refractivity contribution in [1.29, 1.82) is 0 Å². The van der Waals surface area contributed by atoms with Gasteiger partial charge in [0.15, 0.2) is 11.9 Å². The quantitative estimate of drug-likeness (QED) is 0.569. The molecule has 186 valence electrons. The Kier molecular flexibility index (Phi) is 6.90. The molecule has 0 saturated carbocycles. The molecule has 7 nitrogen and oxygen atoms in total. The van der Waals surface area contributed by atoms with Gasteiger partial charge in [-0.05, 0) is 49.1 Å². The number of fused-ring (bicyclic) bond motifs is 3. The van der Waals surface area contributed by atoms with Crippen molar-refractivity contribution in [1.82, 2.24) is 5.32 Å². The normalized spacial score (nSPS) is 28.8. The first-order chi connectivity index (χ1) is 16.8. The Hall–Kier alpha value is -2.39. The number of hydrogen-bond acceptors (Lipinski definition) is 6. The smallest absolute Gasteiger partial charge is 0.261 e. The van der Waals surface area contributed by atoms with Crippen molar-refractivity contribution in [2.24, 2.45) is 5.92 Å². The molecular formula is C25H24Cl2FNO6. The fraction of sp³-hybridized carbons (Fsp3) is 0.440. The number of ketones is 1. The zero-order valence-electron chi connectivity index (χ0n) is 18.6. The van der Waals surface area contributed by atoms with E-state index in [1.54, 1.807) is 18.2 Å². The highest BCUT2D eigenvalue weighted by Gasteiger charge is 2.48. The summed E-state index contributed by atoms with van der Waals surface area (Å²) < 4.78 is 30.7. The summed E-state index contributed by atoms with van der Waals surface area (Å²) in [5, 5.41) is 13.9. The minimum atomic E-state index is -0.841. The van der Waals surface area contributed by atoms with Crippen LogP contribution in [0.3, 0.4) is 0 Å². The number of rotatable bonds is 7. The fourth-order valence-electron chi connectivity index (χ4n) is 5.05. The lowest BCUT2D eigenvalue weighted by molar-refractivity contribution is -0.131. The van der Waals surface area contributed by atoms with Crippen LogP contribution in [0.15, 0.2) is 36.4 Å². The average Bonchev–Trinajstić information content (AvgIpc) is 3.40. The minimum absolute atomic E-state index is 0.00888. The molecule has 10 heteroatoms. The van der Waals surface area contributed by atoms with Crippen molar-refractivity contribution >= 4 is 34.9 Å². The first kappa shape index (κ1) is 24.3. The Labute approximate surface area is 211 Å². The maximum Gasteiger partial charge on any atom is 0.261 e. The Morgan fingerprint density at radius 2 is 1.94 bits per heavy atom. The van der Waals surface area contributed by atoms with Crippen LogP contribution >= 0.6 is 23.2 Å². The maximum absolute atomic E-state index is 13.5. The summed E-state index contributed by atoms with van der Waals surface area (Å²) in [6.07, 6.45) is -0.317. The predicted molar refractivity (Wildman–Crippen MR) is 125 cm³/mol. The molecule has 0 radical (unpaired) electrons. The Bertz CT molecular complexity index is 1150. The van der Waals surface area contributed by atoms with Crippen LogP contribution in [0, 0.1) is 11.7 Å². The number of carbonyl (C=O) groups is 2. The molecule has 0 unspecified atom stereocenters. The van der Waals surface area contributed by atoms with E-state index in [1.807, 2.05) is 0 Å². The number of halogens is 3. The zero-order valence-corrected chi connectivity index (χ0v) is 20.1. The van der Waals surface area contributed by atoms with Gasteiger partial charge in [0, 0.05) is 29.5 Å². The maximum atomic E-state index is 13.5. The molecule has 35 heavy (non-hydrogen) atoms. The lowest BCUT2D eigenvalue weighted by atomic mass is 9.83. The Morgan fingerprint density at radius 1 is 1.11 bits per heavy atom. The van der Waals surface area contributed by atoms with E-state index in [-0.39, 0.29) is 66.1 Å². The van der Waals surface area contributed by atoms with Crippen LogP contribution in [0.4, 0.5) is 4.39 Å². The van der Waals surface area contributed by atoms with Gasteiger partial charge in [0.1, 0.15) is 23.9 Å². The van der Waals surface area contributed by atoms with E-state index in [1.165, 1.54) is 12.1 Å². The topological polar surface area (TPSA) is 94.1 Å². The largest absolute Gasteiger partial charge is 0.486 e. The van der Waals surface area contributed by atoms with E-state index in [9.17, 15) is 19.1 Å². The molecule has 2 bridgehead atoms. The number of amides is 1. The second-order valence-corrected chi connectivity index (χ2v) is 10.1. The van der Waals surface area contributed by atoms with E-state index in [2.05, 4.69) is 5.32 Å². The van der Waals surface area contributed by atoms with Gasteiger partial charge in [-0.25, -0.2) is 4.39 Å². The number of aliphatic hydroxyl groups is 1. The van der Waals surface area contributed by atoms with Crippen LogP contribution in [0.5, 0.6) is 11.5 Å². The number of nitrogens with one attached hydrogen (secondary N) is 1. The standard InChI is InChI=1S/C25H24Cl2FNO6/c26-13-1-4-21-16(7-13)20(31)10-24(34-21)25(32)29-19-9-22-12(6-23(19)35-22)5-14(30)11-33-15-2-3-17(27)18(28)8-15/h1-4,7-8,12,19-20,22-24,31H,5-6,9-11H2,(H,29,32)/t12-,19-,20-,22+,23+,24-/m1/s1. The first-order valence-corrected chi connectivity index (χ1v) is 12.2. The van der Waals surface area contributed by atoms with Gasteiger partial charge in [0.05, 0.1) is 29.4 Å². The second kappa shape index (κ2) is 9.93. The van der Waals surface area contributed by atoms with Crippen molar-refractivity contribution in [3.63, 3.8) is 0 Å². The molecule has 1 amide bonds. The molecule has 2 N–H and O–H groups in total. The lowest BCUT2D eigenvalue weighted by Gasteiger charge is -2.31. The second-order valence-electron chi connectivity index (χ2n) is 9.21. The van der Waals surface area contributed by atoms with Gasteiger partial charge in [0.25, 0.3) is 5.91 Å². The Morgan fingerprint density at radius 3 is 2.69 bits per heavy atom. The van der Waals surface area contributed by atoms with Gasteiger partial charge >= 0.3 is 0 Å². The summed E-state index contributed by atoms with van der Waals surface area (Å²) in [4.78, 5) is 25.2. The van der Waals surface area contributed by atoms with Crippen LogP contribution in [0.2, 0.25) is 10.0 Å². The highest BCUT2D eigenvalue weighted by Crippen LogP contribution is 2.41. The molecule has 3 heterocycles. The third kappa shape index (κ3) is 5.26. The van der Waals surface area contributed by atoms with Crippen LogP contribution < -0.4 is 14.8 Å².